The molecule has 112 valence electrons. The van der Waals surface area contributed by atoms with Gasteiger partial charge in [0.05, 0.1) is 13.2 Å². The Morgan fingerprint density at radius 3 is 2.53 bits per heavy atom. The van der Waals surface area contributed by atoms with Crippen LogP contribution in [0.3, 0.4) is 0 Å². The molecule has 4 heteroatoms. The standard InChI is InChI=1S/C15H30N2O2/c1-16-14(6-5-11-18-2)15(7-3-4-8-15)17-9-12-19-13-10-17/h14,16H,3-13H2,1-2H3. The van der Waals surface area contributed by atoms with Gasteiger partial charge in [0.2, 0.25) is 0 Å². The van der Waals surface area contributed by atoms with E-state index in [-0.39, 0.29) is 0 Å². The molecule has 0 spiro atoms. The molecule has 1 heterocycles. The molecule has 1 aliphatic carbocycles. The number of methoxy groups -OCH3 is 1. The summed E-state index contributed by atoms with van der Waals surface area (Å²) in [6.07, 6.45) is 7.78. The van der Waals surface area contributed by atoms with E-state index in [1.165, 1.54) is 32.1 Å². The summed E-state index contributed by atoms with van der Waals surface area (Å²) in [6, 6.07) is 0.586. The maximum atomic E-state index is 5.53. The third-order valence-electron chi connectivity index (χ3n) is 4.95. The quantitative estimate of drug-likeness (QED) is 0.713. The molecule has 0 aromatic carbocycles. The number of likely N-dealkylation sites (N-methyl/N-ethyl adjacent to an activating group) is 1. The predicted molar refractivity (Wildman–Crippen MR) is 77.5 cm³/mol. The second-order valence-corrected chi connectivity index (χ2v) is 5.89. The van der Waals surface area contributed by atoms with Crippen LogP contribution in [0.25, 0.3) is 0 Å². The van der Waals surface area contributed by atoms with Gasteiger partial charge >= 0.3 is 0 Å². The molecule has 1 saturated heterocycles. The molecule has 0 aromatic rings. The third kappa shape index (κ3) is 3.48. The first-order chi connectivity index (χ1) is 9.33. The molecular formula is C15H30N2O2. The van der Waals surface area contributed by atoms with Gasteiger partial charge in [0, 0.05) is 38.4 Å². The highest BCUT2D eigenvalue weighted by molar-refractivity contribution is 5.03. The molecule has 0 aromatic heterocycles. The van der Waals surface area contributed by atoms with Crippen LogP contribution in [0.15, 0.2) is 0 Å². The first kappa shape index (κ1) is 15.2. The van der Waals surface area contributed by atoms with Gasteiger partial charge in [-0.15, -0.1) is 0 Å². The Balaban J connectivity index is 2.02. The lowest BCUT2D eigenvalue weighted by molar-refractivity contribution is -0.0367. The van der Waals surface area contributed by atoms with E-state index in [0.29, 0.717) is 11.6 Å². The molecule has 2 aliphatic rings. The zero-order valence-electron chi connectivity index (χ0n) is 12.6. The molecule has 1 aliphatic heterocycles. The highest BCUT2D eigenvalue weighted by Crippen LogP contribution is 2.39. The van der Waals surface area contributed by atoms with Crippen LogP contribution in [-0.2, 0) is 9.47 Å². The van der Waals surface area contributed by atoms with Crippen molar-refractivity contribution in [2.75, 3.05) is 47.1 Å². The number of rotatable bonds is 7. The summed E-state index contributed by atoms with van der Waals surface area (Å²) < 4.78 is 10.8. The van der Waals surface area contributed by atoms with Crippen molar-refractivity contribution in [3.63, 3.8) is 0 Å². The lowest BCUT2D eigenvalue weighted by Gasteiger charge is -2.48. The number of nitrogens with one attached hydrogen (secondary N) is 1. The van der Waals surface area contributed by atoms with Gasteiger partial charge in [-0.2, -0.15) is 0 Å². The van der Waals surface area contributed by atoms with Crippen molar-refractivity contribution in [3.8, 4) is 0 Å². The van der Waals surface area contributed by atoms with Crippen LogP contribution in [0.1, 0.15) is 38.5 Å². The molecule has 1 N–H and O–H groups in total. The van der Waals surface area contributed by atoms with Crippen molar-refractivity contribution >= 4 is 0 Å². The summed E-state index contributed by atoms with van der Waals surface area (Å²) in [7, 11) is 3.92. The van der Waals surface area contributed by atoms with E-state index in [2.05, 4.69) is 17.3 Å². The average Bonchev–Trinajstić information content (AvgIpc) is 2.95. The molecular weight excluding hydrogens is 240 g/mol. The van der Waals surface area contributed by atoms with E-state index < -0.39 is 0 Å². The summed E-state index contributed by atoms with van der Waals surface area (Å²) >= 11 is 0. The van der Waals surface area contributed by atoms with Crippen LogP contribution in [0, 0.1) is 0 Å². The predicted octanol–water partition coefficient (Wildman–Crippen LogP) is 1.65. The van der Waals surface area contributed by atoms with Crippen LogP contribution in [-0.4, -0.2) is 63.5 Å². The van der Waals surface area contributed by atoms with E-state index in [9.17, 15) is 0 Å². The van der Waals surface area contributed by atoms with Gasteiger partial charge in [-0.25, -0.2) is 0 Å². The van der Waals surface area contributed by atoms with Crippen molar-refractivity contribution in [2.45, 2.75) is 50.1 Å². The smallest absolute Gasteiger partial charge is 0.0594 e. The molecule has 1 atom stereocenters. The SMILES string of the molecule is CNC(CCCOC)C1(N2CCOCC2)CCCC1. The Hall–Kier alpha value is -0.160. The molecule has 19 heavy (non-hydrogen) atoms. The van der Waals surface area contributed by atoms with Crippen molar-refractivity contribution in [1.29, 1.82) is 0 Å². The van der Waals surface area contributed by atoms with Gasteiger partial charge in [-0.1, -0.05) is 12.8 Å². The maximum Gasteiger partial charge on any atom is 0.0594 e. The van der Waals surface area contributed by atoms with E-state index in [4.69, 9.17) is 9.47 Å². The molecule has 1 unspecified atom stereocenters. The summed E-state index contributed by atoms with van der Waals surface area (Å²) in [5.74, 6) is 0. The largest absolute Gasteiger partial charge is 0.385 e. The van der Waals surface area contributed by atoms with E-state index in [1.807, 2.05) is 0 Å². The van der Waals surface area contributed by atoms with Crippen LogP contribution >= 0.6 is 0 Å². The number of hydrogen-bond acceptors (Lipinski definition) is 4. The van der Waals surface area contributed by atoms with Crippen molar-refractivity contribution in [1.82, 2.24) is 10.2 Å². The minimum Gasteiger partial charge on any atom is -0.385 e. The van der Waals surface area contributed by atoms with Gasteiger partial charge in [0.1, 0.15) is 0 Å². The third-order valence-corrected chi connectivity index (χ3v) is 4.95. The zero-order valence-corrected chi connectivity index (χ0v) is 12.6. The van der Waals surface area contributed by atoms with Crippen LogP contribution < -0.4 is 5.32 Å². The first-order valence-corrected chi connectivity index (χ1v) is 7.82. The van der Waals surface area contributed by atoms with Gasteiger partial charge < -0.3 is 14.8 Å². The zero-order chi connectivity index (χ0) is 13.6. The van der Waals surface area contributed by atoms with Gasteiger partial charge in [0.15, 0.2) is 0 Å². The highest BCUT2D eigenvalue weighted by Gasteiger charge is 2.45. The Kier molecular flexibility index (Phi) is 6.07. The first-order valence-electron chi connectivity index (χ1n) is 7.82. The van der Waals surface area contributed by atoms with Crippen molar-refractivity contribution in [3.05, 3.63) is 0 Å². The molecule has 0 amide bonds. The molecule has 1 saturated carbocycles. The fourth-order valence-corrected chi connectivity index (χ4v) is 3.99. The number of nitrogens with zero attached hydrogens (tertiary/aromatic N) is 1. The Morgan fingerprint density at radius 2 is 1.95 bits per heavy atom. The number of hydrogen-bond donors (Lipinski definition) is 1. The molecule has 0 radical (unpaired) electrons. The monoisotopic (exact) mass is 270 g/mol. The summed E-state index contributed by atoms with van der Waals surface area (Å²) in [5, 5.41) is 3.60. The lowest BCUT2D eigenvalue weighted by Crippen LogP contribution is -2.61. The Labute approximate surface area is 117 Å². The number of ether oxygens (including phenoxy) is 2. The van der Waals surface area contributed by atoms with E-state index in [0.717, 1.165) is 39.3 Å². The topological polar surface area (TPSA) is 33.7 Å². The van der Waals surface area contributed by atoms with Gasteiger partial charge in [-0.05, 0) is 32.7 Å². The maximum absolute atomic E-state index is 5.53. The fourth-order valence-electron chi connectivity index (χ4n) is 3.99. The summed E-state index contributed by atoms with van der Waals surface area (Å²) in [4.78, 5) is 2.71. The van der Waals surface area contributed by atoms with Gasteiger partial charge in [0.25, 0.3) is 0 Å². The highest BCUT2D eigenvalue weighted by atomic mass is 16.5. The number of morpholine rings is 1. The summed E-state index contributed by atoms with van der Waals surface area (Å²) in [5.41, 5.74) is 0.367. The average molecular weight is 270 g/mol. The lowest BCUT2D eigenvalue weighted by atomic mass is 9.83. The van der Waals surface area contributed by atoms with Crippen LogP contribution in [0.4, 0.5) is 0 Å². The van der Waals surface area contributed by atoms with E-state index in [1.54, 1.807) is 7.11 Å². The normalized spacial score (nSPS) is 25.6. The fraction of sp³-hybridized carbons (Fsp3) is 1.00. The molecule has 2 rings (SSSR count). The molecule has 4 nitrogen and oxygen atoms in total. The molecule has 0 bridgehead atoms. The Morgan fingerprint density at radius 1 is 1.26 bits per heavy atom. The van der Waals surface area contributed by atoms with Crippen molar-refractivity contribution in [2.24, 2.45) is 0 Å². The van der Waals surface area contributed by atoms with Crippen molar-refractivity contribution < 1.29 is 9.47 Å². The second-order valence-electron chi connectivity index (χ2n) is 5.89. The minimum atomic E-state index is 0.367. The minimum absolute atomic E-state index is 0.367. The van der Waals surface area contributed by atoms with E-state index >= 15 is 0 Å². The Bertz CT molecular complexity index is 249. The van der Waals surface area contributed by atoms with Crippen LogP contribution in [0.2, 0.25) is 0 Å². The van der Waals surface area contributed by atoms with Gasteiger partial charge in [-0.3, -0.25) is 4.90 Å². The second kappa shape index (κ2) is 7.58. The molecule has 2 fully saturated rings. The van der Waals surface area contributed by atoms with Crippen LogP contribution in [0.5, 0.6) is 0 Å². The summed E-state index contributed by atoms with van der Waals surface area (Å²) in [6.45, 7) is 4.87.